The standard InChI is InChI=1S/C16H16N6O3S/c1-21-15(24)14(20-22(2)16(21)25)26-9-13(23)19-18-8-10-7-17-12-6-4-3-5-11(10)12/h3-8,17H,9H2,1-2H3,(H,19,23)/b18-8+. The van der Waals surface area contributed by atoms with E-state index in [1.807, 2.05) is 24.3 Å². The molecule has 2 heterocycles. The number of hydrogen-bond acceptors (Lipinski definition) is 6. The summed E-state index contributed by atoms with van der Waals surface area (Å²) in [5.74, 6) is -0.435. The quantitative estimate of drug-likeness (QED) is 0.377. The Morgan fingerprint density at radius 3 is 2.92 bits per heavy atom. The Bertz CT molecular complexity index is 1110. The second kappa shape index (κ2) is 7.40. The van der Waals surface area contributed by atoms with Crippen molar-refractivity contribution >= 4 is 34.8 Å². The number of H-pyrrole nitrogens is 1. The molecule has 2 aromatic heterocycles. The summed E-state index contributed by atoms with van der Waals surface area (Å²) in [6.45, 7) is 0. The molecule has 1 aromatic carbocycles. The van der Waals surface area contributed by atoms with E-state index in [0.717, 1.165) is 37.5 Å². The highest BCUT2D eigenvalue weighted by Crippen LogP contribution is 2.15. The Morgan fingerprint density at radius 1 is 1.35 bits per heavy atom. The third-order valence-electron chi connectivity index (χ3n) is 3.65. The number of thioether (sulfide) groups is 1. The van der Waals surface area contributed by atoms with Gasteiger partial charge in [-0.2, -0.15) is 10.2 Å². The maximum atomic E-state index is 11.9. The van der Waals surface area contributed by atoms with Crippen molar-refractivity contribution in [1.29, 1.82) is 0 Å². The molecular weight excluding hydrogens is 356 g/mol. The fourth-order valence-electron chi connectivity index (χ4n) is 2.30. The molecule has 26 heavy (non-hydrogen) atoms. The van der Waals surface area contributed by atoms with Crippen molar-refractivity contribution in [2.24, 2.45) is 19.2 Å². The van der Waals surface area contributed by atoms with E-state index in [0.29, 0.717) is 0 Å². The number of amides is 1. The van der Waals surface area contributed by atoms with Crippen LogP contribution in [-0.4, -0.2) is 37.2 Å². The number of hydrazone groups is 1. The monoisotopic (exact) mass is 372 g/mol. The van der Waals surface area contributed by atoms with Crippen molar-refractivity contribution in [3.05, 3.63) is 56.9 Å². The minimum atomic E-state index is -0.534. The number of para-hydroxylation sites is 1. The van der Waals surface area contributed by atoms with Crippen molar-refractivity contribution in [2.75, 3.05) is 5.75 Å². The number of carbonyl (C=O) groups excluding carboxylic acids is 1. The number of aryl methyl sites for hydroxylation is 1. The van der Waals surface area contributed by atoms with Gasteiger partial charge in [-0.25, -0.2) is 14.9 Å². The van der Waals surface area contributed by atoms with Crippen LogP contribution in [0.15, 0.2) is 50.2 Å². The van der Waals surface area contributed by atoms with Gasteiger partial charge in [-0.05, 0) is 6.07 Å². The number of fused-ring (bicyclic) bond motifs is 1. The van der Waals surface area contributed by atoms with Crippen LogP contribution in [0.2, 0.25) is 0 Å². The third-order valence-corrected chi connectivity index (χ3v) is 4.58. The van der Waals surface area contributed by atoms with Gasteiger partial charge in [-0.1, -0.05) is 30.0 Å². The summed E-state index contributed by atoms with van der Waals surface area (Å²) in [4.78, 5) is 38.5. The van der Waals surface area contributed by atoms with Crippen LogP contribution < -0.4 is 16.7 Å². The number of hydrogen-bond donors (Lipinski definition) is 2. The Hall–Kier alpha value is -3.14. The molecular formula is C16H16N6O3S. The second-order valence-electron chi connectivity index (χ2n) is 5.45. The molecule has 0 saturated carbocycles. The van der Waals surface area contributed by atoms with E-state index >= 15 is 0 Å². The van der Waals surface area contributed by atoms with Gasteiger partial charge in [0, 0.05) is 36.8 Å². The molecule has 0 bridgehead atoms. The van der Waals surface area contributed by atoms with Gasteiger partial charge in [0.25, 0.3) is 5.56 Å². The summed E-state index contributed by atoms with van der Waals surface area (Å²) in [5, 5.41) is 8.87. The Morgan fingerprint density at radius 2 is 2.12 bits per heavy atom. The molecule has 0 radical (unpaired) electrons. The van der Waals surface area contributed by atoms with Crippen molar-refractivity contribution in [1.82, 2.24) is 24.8 Å². The number of nitrogens with one attached hydrogen (secondary N) is 2. The molecule has 0 aliphatic carbocycles. The summed E-state index contributed by atoms with van der Waals surface area (Å²) < 4.78 is 2.00. The van der Waals surface area contributed by atoms with E-state index in [-0.39, 0.29) is 16.7 Å². The van der Waals surface area contributed by atoms with Gasteiger partial charge in [0.05, 0.1) is 12.0 Å². The van der Waals surface area contributed by atoms with Gasteiger partial charge in [0.2, 0.25) is 5.91 Å². The van der Waals surface area contributed by atoms with E-state index in [2.05, 4.69) is 20.6 Å². The molecule has 0 aliphatic rings. The Kier molecular flexibility index (Phi) is 5.03. The largest absolute Gasteiger partial charge is 0.361 e. The van der Waals surface area contributed by atoms with Gasteiger partial charge < -0.3 is 4.98 Å². The summed E-state index contributed by atoms with van der Waals surface area (Å²) in [6.07, 6.45) is 3.35. The molecule has 0 spiro atoms. The number of rotatable bonds is 5. The highest BCUT2D eigenvalue weighted by atomic mass is 32.2. The fraction of sp³-hybridized carbons (Fsp3) is 0.188. The normalized spacial score (nSPS) is 11.3. The Balaban J connectivity index is 1.62. The molecule has 0 saturated heterocycles. The molecule has 0 fully saturated rings. The van der Waals surface area contributed by atoms with Crippen molar-refractivity contribution in [3.63, 3.8) is 0 Å². The maximum Gasteiger partial charge on any atom is 0.346 e. The van der Waals surface area contributed by atoms with Gasteiger partial charge in [0.15, 0.2) is 5.03 Å². The highest BCUT2D eigenvalue weighted by molar-refractivity contribution is 7.99. The zero-order valence-electron chi connectivity index (χ0n) is 14.1. The molecule has 1 amide bonds. The van der Waals surface area contributed by atoms with E-state index in [1.54, 1.807) is 12.4 Å². The molecule has 0 aliphatic heterocycles. The van der Waals surface area contributed by atoms with Crippen molar-refractivity contribution in [2.45, 2.75) is 5.03 Å². The van der Waals surface area contributed by atoms with E-state index < -0.39 is 11.2 Å². The number of aromatic nitrogens is 4. The minimum absolute atomic E-state index is 0.0499. The number of aromatic amines is 1. The lowest BCUT2D eigenvalue weighted by Gasteiger charge is -2.04. The first-order valence-electron chi connectivity index (χ1n) is 7.62. The molecule has 0 atom stereocenters. The van der Waals surface area contributed by atoms with Crippen LogP contribution in [0, 0.1) is 0 Å². The predicted molar refractivity (Wildman–Crippen MR) is 99.5 cm³/mol. The lowest BCUT2D eigenvalue weighted by Crippen LogP contribution is -2.39. The number of benzene rings is 1. The predicted octanol–water partition coefficient (Wildman–Crippen LogP) is 0.203. The average Bonchev–Trinajstić information content (AvgIpc) is 3.05. The topological polar surface area (TPSA) is 114 Å². The Labute approximate surface area is 151 Å². The van der Waals surface area contributed by atoms with Crippen LogP contribution in [0.25, 0.3) is 10.9 Å². The minimum Gasteiger partial charge on any atom is -0.361 e. The van der Waals surface area contributed by atoms with Crippen LogP contribution in [0.3, 0.4) is 0 Å². The summed E-state index contributed by atoms with van der Waals surface area (Å²) >= 11 is 0.946. The van der Waals surface area contributed by atoms with Gasteiger partial charge in [0.1, 0.15) is 0 Å². The molecule has 9 nitrogen and oxygen atoms in total. The van der Waals surface area contributed by atoms with Gasteiger partial charge in [-0.15, -0.1) is 0 Å². The van der Waals surface area contributed by atoms with Crippen LogP contribution in [0.5, 0.6) is 0 Å². The number of carbonyl (C=O) groups is 1. The van der Waals surface area contributed by atoms with Crippen LogP contribution in [-0.2, 0) is 18.9 Å². The van der Waals surface area contributed by atoms with Crippen LogP contribution >= 0.6 is 11.8 Å². The zero-order valence-corrected chi connectivity index (χ0v) is 14.9. The van der Waals surface area contributed by atoms with E-state index in [4.69, 9.17) is 0 Å². The lowest BCUT2D eigenvalue weighted by atomic mass is 10.2. The van der Waals surface area contributed by atoms with E-state index in [9.17, 15) is 14.4 Å². The molecule has 134 valence electrons. The van der Waals surface area contributed by atoms with Crippen LogP contribution in [0.1, 0.15) is 5.56 Å². The first-order chi connectivity index (χ1) is 12.5. The van der Waals surface area contributed by atoms with Crippen molar-refractivity contribution < 1.29 is 4.79 Å². The van der Waals surface area contributed by atoms with E-state index in [1.165, 1.54) is 14.1 Å². The zero-order chi connectivity index (χ0) is 18.7. The third kappa shape index (κ3) is 3.59. The summed E-state index contributed by atoms with van der Waals surface area (Å²) in [7, 11) is 2.80. The molecule has 3 rings (SSSR count). The highest BCUT2D eigenvalue weighted by Gasteiger charge is 2.11. The first kappa shape index (κ1) is 17.7. The molecule has 10 heteroatoms. The SMILES string of the molecule is Cn1nc(SCC(=O)N/N=C/c2c[nH]c3ccccc23)c(=O)n(C)c1=O. The average molecular weight is 372 g/mol. The summed E-state index contributed by atoms with van der Waals surface area (Å²) in [6, 6.07) is 7.74. The van der Waals surface area contributed by atoms with Crippen LogP contribution in [0.4, 0.5) is 0 Å². The maximum absolute atomic E-state index is 11.9. The second-order valence-corrected chi connectivity index (χ2v) is 6.41. The van der Waals surface area contributed by atoms with Gasteiger partial charge >= 0.3 is 5.69 Å². The first-order valence-corrected chi connectivity index (χ1v) is 8.61. The molecule has 0 unspecified atom stereocenters. The number of nitrogens with zero attached hydrogens (tertiary/aromatic N) is 4. The van der Waals surface area contributed by atoms with Crippen molar-refractivity contribution in [3.8, 4) is 0 Å². The molecule has 3 aromatic rings. The molecule has 2 N–H and O–H groups in total. The fourth-order valence-corrected chi connectivity index (χ4v) is 3.07. The smallest absolute Gasteiger partial charge is 0.346 e. The van der Waals surface area contributed by atoms with Gasteiger partial charge in [-0.3, -0.25) is 14.2 Å². The lowest BCUT2D eigenvalue weighted by molar-refractivity contribution is -0.118. The summed E-state index contributed by atoms with van der Waals surface area (Å²) in [5.41, 5.74) is 3.18.